The first-order valence-corrected chi connectivity index (χ1v) is 5.66. The zero-order chi connectivity index (χ0) is 13.9. The molecule has 0 saturated heterocycles. The molecule has 0 heterocycles. The maximum Gasteiger partial charge on any atom is 0.293 e. The fourth-order valence-corrected chi connectivity index (χ4v) is 1.54. The van der Waals surface area contributed by atoms with Crippen LogP contribution in [0.1, 0.15) is 19.4 Å². The Balaban J connectivity index is 3.32. The minimum Gasteiger partial charge on any atom is -0.321 e. The van der Waals surface area contributed by atoms with Gasteiger partial charge in [-0.15, -0.1) is 0 Å². The Bertz CT molecular complexity index is 537. The van der Waals surface area contributed by atoms with Crippen LogP contribution >= 0.6 is 23.2 Å². The van der Waals surface area contributed by atoms with Crippen molar-refractivity contribution < 1.29 is 9.72 Å². The molecule has 1 aromatic rings. The maximum absolute atomic E-state index is 10.9. The van der Waals surface area contributed by atoms with Crippen LogP contribution in [0.25, 0.3) is 5.57 Å². The standard InChI is InChI=1S/C11H10Cl2N2O3/c1-6(11(12)13)8-3-4-9(14-7(2)16)10(5-8)15(17)18/h3-5H,1-2H3,(H,14,16). The van der Waals surface area contributed by atoms with Gasteiger partial charge in [0, 0.05) is 13.0 Å². The number of nitrogens with one attached hydrogen (secondary N) is 1. The second-order valence-electron chi connectivity index (χ2n) is 3.56. The fraction of sp³-hybridized carbons (Fsp3) is 0.182. The van der Waals surface area contributed by atoms with Gasteiger partial charge in [0.1, 0.15) is 10.2 Å². The van der Waals surface area contributed by atoms with E-state index in [-0.39, 0.29) is 21.8 Å². The molecule has 96 valence electrons. The van der Waals surface area contributed by atoms with E-state index in [1.165, 1.54) is 19.1 Å². The molecule has 0 fully saturated rings. The van der Waals surface area contributed by atoms with Crippen molar-refractivity contribution in [1.29, 1.82) is 0 Å². The van der Waals surface area contributed by atoms with E-state index in [0.29, 0.717) is 11.1 Å². The molecule has 1 amide bonds. The topological polar surface area (TPSA) is 72.2 Å². The predicted octanol–water partition coefficient (Wildman–Crippen LogP) is 3.72. The summed E-state index contributed by atoms with van der Waals surface area (Å²) in [5, 5.41) is 13.3. The summed E-state index contributed by atoms with van der Waals surface area (Å²) < 4.78 is 0.0385. The number of hydrogen-bond donors (Lipinski definition) is 1. The van der Waals surface area contributed by atoms with Gasteiger partial charge in [-0.05, 0) is 24.1 Å². The molecule has 0 radical (unpaired) electrons. The second kappa shape index (κ2) is 5.84. The number of carbonyl (C=O) groups excluding carboxylic acids is 1. The third kappa shape index (κ3) is 3.45. The first kappa shape index (κ1) is 14.5. The largest absolute Gasteiger partial charge is 0.321 e. The number of allylic oxidation sites excluding steroid dienone is 1. The molecule has 7 heteroatoms. The van der Waals surface area contributed by atoms with Crippen LogP contribution in [0.3, 0.4) is 0 Å². The Morgan fingerprint density at radius 2 is 1.94 bits per heavy atom. The third-order valence-electron chi connectivity index (χ3n) is 2.22. The van der Waals surface area contributed by atoms with Crippen LogP contribution in [0, 0.1) is 10.1 Å². The summed E-state index contributed by atoms with van der Waals surface area (Å²) in [5.74, 6) is -0.381. The first-order chi connectivity index (χ1) is 8.32. The molecule has 0 aliphatic heterocycles. The van der Waals surface area contributed by atoms with Crippen LogP contribution in [0.5, 0.6) is 0 Å². The van der Waals surface area contributed by atoms with E-state index in [4.69, 9.17) is 23.2 Å². The van der Waals surface area contributed by atoms with Crippen molar-refractivity contribution in [2.45, 2.75) is 13.8 Å². The summed E-state index contributed by atoms with van der Waals surface area (Å²) >= 11 is 11.2. The van der Waals surface area contributed by atoms with Gasteiger partial charge in [-0.2, -0.15) is 0 Å². The van der Waals surface area contributed by atoms with E-state index in [1.54, 1.807) is 13.0 Å². The molecular formula is C11H10Cl2N2O3. The molecule has 0 aromatic heterocycles. The van der Waals surface area contributed by atoms with Crippen molar-refractivity contribution >= 4 is 46.1 Å². The monoisotopic (exact) mass is 288 g/mol. The molecule has 0 aliphatic carbocycles. The molecule has 0 spiro atoms. The molecule has 0 atom stereocenters. The van der Waals surface area contributed by atoms with Crippen LogP contribution in [-0.4, -0.2) is 10.8 Å². The molecule has 0 unspecified atom stereocenters. The predicted molar refractivity (Wildman–Crippen MR) is 71.7 cm³/mol. The van der Waals surface area contributed by atoms with Crippen molar-refractivity contribution in [1.82, 2.24) is 0 Å². The lowest BCUT2D eigenvalue weighted by atomic mass is 10.1. The van der Waals surface area contributed by atoms with Gasteiger partial charge in [0.2, 0.25) is 5.91 Å². The number of hydrogen-bond acceptors (Lipinski definition) is 3. The number of amides is 1. The van der Waals surface area contributed by atoms with Gasteiger partial charge in [0.25, 0.3) is 5.69 Å². The SMILES string of the molecule is CC(=O)Nc1ccc(C(C)=C(Cl)Cl)cc1[N+](=O)[O-]. The summed E-state index contributed by atoms with van der Waals surface area (Å²) in [6.45, 7) is 2.92. The number of rotatable bonds is 3. The van der Waals surface area contributed by atoms with Crippen LogP contribution in [0.4, 0.5) is 11.4 Å². The molecule has 0 aliphatic rings. The molecule has 5 nitrogen and oxygen atoms in total. The number of anilines is 1. The van der Waals surface area contributed by atoms with Crippen molar-refractivity contribution in [2.75, 3.05) is 5.32 Å². The van der Waals surface area contributed by atoms with Crippen LogP contribution in [-0.2, 0) is 4.79 Å². The van der Waals surface area contributed by atoms with E-state index in [9.17, 15) is 14.9 Å². The minimum absolute atomic E-state index is 0.0385. The molecule has 0 bridgehead atoms. The normalized spacial score (nSPS) is 9.78. The number of halogens is 2. The molecule has 1 N–H and O–H groups in total. The van der Waals surface area contributed by atoms with E-state index in [0.717, 1.165) is 0 Å². The van der Waals surface area contributed by atoms with E-state index < -0.39 is 4.92 Å². The Hall–Kier alpha value is -1.59. The van der Waals surface area contributed by atoms with Gasteiger partial charge in [-0.3, -0.25) is 14.9 Å². The van der Waals surface area contributed by atoms with E-state index in [1.807, 2.05) is 0 Å². The van der Waals surface area contributed by atoms with Gasteiger partial charge in [-0.1, -0.05) is 29.3 Å². The lowest BCUT2D eigenvalue weighted by Gasteiger charge is -2.06. The summed E-state index contributed by atoms with van der Waals surface area (Å²) in [5.41, 5.74) is 0.970. The number of benzene rings is 1. The van der Waals surface area contributed by atoms with Crippen molar-refractivity contribution in [3.8, 4) is 0 Å². The molecule has 1 rings (SSSR count). The highest BCUT2D eigenvalue weighted by Crippen LogP contribution is 2.31. The Morgan fingerprint density at radius 3 is 2.39 bits per heavy atom. The van der Waals surface area contributed by atoms with Crippen molar-refractivity contribution in [3.63, 3.8) is 0 Å². The Labute approximate surface area is 114 Å². The highest BCUT2D eigenvalue weighted by atomic mass is 35.5. The van der Waals surface area contributed by atoms with Crippen LogP contribution < -0.4 is 5.32 Å². The quantitative estimate of drug-likeness (QED) is 0.680. The molecule has 1 aromatic carbocycles. The summed E-state index contributed by atoms with van der Waals surface area (Å²) in [7, 11) is 0. The zero-order valence-corrected chi connectivity index (χ0v) is 11.2. The zero-order valence-electron chi connectivity index (χ0n) is 9.66. The molecular weight excluding hydrogens is 279 g/mol. The minimum atomic E-state index is -0.579. The third-order valence-corrected chi connectivity index (χ3v) is 2.79. The fourth-order valence-electron chi connectivity index (χ4n) is 1.32. The van der Waals surface area contributed by atoms with Gasteiger partial charge >= 0.3 is 0 Å². The number of carbonyl (C=O) groups is 1. The Morgan fingerprint density at radius 1 is 1.33 bits per heavy atom. The highest BCUT2D eigenvalue weighted by Gasteiger charge is 2.16. The number of nitro groups is 1. The van der Waals surface area contributed by atoms with E-state index >= 15 is 0 Å². The molecule has 18 heavy (non-hydrogen) atoms. The van der Waals surface area contributed by atoms with Crippen LogP contribution in [0.2, 0.25) is 0 Å². The van der Waals surface area contributed by atoms with Gasteiger partial charge in [0.05, 0.1) is 4.92 Å². The van der Waals surface area contributed by atoms with Gasteiger partial charge in [0.15, 0.2) is 0 Å². The Kier molecular flexibility index (Phi) is 4.69. The van der Waals surface area contributed by atoms with Gasteiger partial charge < -0.3 is 5.32 Å². The number of nitrogens with zero attached hydrogens (tertiary/aromatic N) is 1. The van der Waals surface area contributed by atoms with Crippen molar-refractivity contribution in [3.05, 3.63) is 38.4 Å². The molecule has 0 saturated carbocycles. The highest BCUT2D eigenvalue weighted by molar-refractivity contribution is 6.58. The van der Waals surface area contributed by atoms with Crippen molar-refractivity contribution in [2.24, 2.45) is 0 Å². The summed E-state index contributed by atoms with van der Waals surface area (Å²) in [6.07, 6.45) is 0. The van der Waals surface area contributed by atoms with E-state index in [2.05, 4.69) is 5.32 Å². The first-order valence-electron chi connectivity index (χ1n) is 4.91. The lowest BCUT2D eigenvalue weighted by Crippen LogP contribution is -2.08. The maximum atomic E-state index is 10.9. The average Bonchev–Trinajstić information content (AvgIpc) is 2.27. The smallest absolute Gasteiger partial charge is 0.293 e. The average molecular weight is 289 g/mol. The summed E-state index contributed by atoms with van der Waals surface area (Å²) in [6, 6.07) is 4.35. The summed E-state index contributed by atoms with van der Waals surface area (Å²) in [4.78, 5) is 21.3. The van der Waals surface area contributed by atoms with Crippen LogP contribution in [0.15, 0.2) is 22.7 Å². The van der Waals surface area contributed by atoms with Gasteiger partial charge in [-0.25, -0.2) is 0 Å². The number of nitro benzene ring substituents is 1. The lowest BCUT2D eigenvalue weighted by molar-refractivity contribution is -0.383. The second-order valence-corrected chi connectivity index (χ2v) is 4.51.